The van der Waals surface area contributed by atoms with Crippen molar-refractivity contribution in [3.05, 3.63) is 65.2 Å². The largest absolute Gasteiger partial charge is 0.535 e. The lowest BCUT2D eigenvalue weighted by molar-refractivity contribution is -0.119. The highest BCUT2D eigenvalue weighted by molar-refractivity contribution is 6.47. The number of ketones is 2. The van der Waals surface area contributed by atoms with E-state index in [-0.39, 0.29) is 24.4 Å². The standard InChI is InChI=1S/C21H20BNO4/c1-14(24)20-9-5-8-16-10-18(22(26)27-21(16)20)12-19(25)11-17(13-23)15-6-3-2-4-7-15/h2-9,17-18,26H,10-12H2,1H3/t17?,18-/m1/s1. The number of Topliss-reactive ketones (excluding diaryl/α,β-unsaturated/α-hetero) is 2. The number of hydrogen-bond acceptors (Lipinski definition) is 5. The summed E-state index contributed by atoms with van der Waals surface area (Å²) in [6.45, 7) is 1.45. The van der Waals surface area contributed by atoms with E-state index < -0.39 is 18.9 Å². The molecule has 1 heterocycles. The third kappa shape index (κ3) is 4.26. The van der Waals surface area contributed by atoms with Crippen molar-refractivity contribution < 1.29 is 19.3 Å². The van der Waals surface area contributed by atoms with Crippen LogP contribution in [0.2, 0.25) is 5.82 Å². The van der Waals surface area contributed by atoms with Crippen molar-refractivity contribution in [2.24, 2.45) is 0 Å². The predicted molar refractivity (Wildman–Crippen MR) is 102 cm³/mol. The third-order valence-electron chi connectivity index (χ3n) is 4.88. The molecule has 2 aromatic carbocycles. The van der Waals surface area contributed by atoms with Crippen LogP contribution in [0.4, 0.5) is 0 Å². The van der Waals surface area contributed by atoms with E-state index in [2.05, 4.69) is 6.07 Å². The van der Waals surface area contributed by atoms with Gasteiger partial charge in [0.05, 0.1) is 17.6 Å². The lowest BCUT2D eigenvalue weighted by Crippen LogP contribution is -2.35. The molecule has 6 heteroatoms. The Morgan fingerprint density at radius 1 is 1.26 bits per heavy atom. The number of para-hydroxylation sites is 1. The quantitative estimate of drug-likeness (QED) is 0.630. The van der Waals surface area contributed by atoms with Crippen LogP contribution < -0.4 is 4.65 Å². The Hall–Kier alpha value is -2.91. The molecule has 1 aliphatic heterocycles. The Kier molecular flexibility index (Phi) is 5.73. The van der Waals surface area contributed by atoms with Gasteiger partial charge in [-0.1, -0.05) is 42.5 Å². The Bertz CT molecular complexity index is 891. The molecular formula is C21H20BNO4. The molecule has 0 aromatic heterocycles. The summed E-state index contributed by atoms with van der Waals surface area (Å²) < 4.78 is 5.57. The van der Waals surface area contributed by atoms with E-state index in [0.717, 1.165) is 11.1 Å². The number of hydrogen-bond donors (Lipinski definition) is 1. The van der Waals surface area contributed by atoms with Gasteiger partial charge in [-0.15, -0.1) is 0 Å². The summed E-state index contributed by atoms with van der Waals surface area (Å²) in [4.78, 5) is 24.2. The zero-order valence-corrected chi connectivity index (χ0v) is 15.1. The van der Waals surface area contributed by atoms with Gasteiger partial charge in [0, 0.05) is 18.7 Å². The van der Waals surface area contributed by atoms with Crippen LogP contribution in [0, 0.1) is 11.3 Å². The van der Waals surface area contributed by atoms with Crippen LogP contribution in [-0.4, -0.2) is 23.7 Å². The average Bonchev–Trinajstić information content (AvgIpc) is 2.66. The molecular weight excluding hydrogens is 341 g/mol. The number of carbonyl (C=O) groups excluding carboxylic acids is 2. The highest BCUT2D eigenvalue weighted by Gasteiger charge is 2.37. The van der Waals surface area contributed by atoms with Crippen LogP contribution in [-0.2, 0) is 11.2 Å². The van der Waals surface area contributed by atoms with E-state index in [1.165, 1.54) is 6.92 Å². The molecule has 0 fully saturated rings. The minimum atomic E-state index is -1.15. The second-order valence-electron chi connectivity index (χ2n) is 6.86. The fraction of sp³-hybridized carbons (Fsp3) is 0.286. The molecule has 1 aliphatic rings. The van der Waals surface area contributed by atoms with Crippen LogP contribution >= 0.6 is 0 Å². The zero-order valence-electron chi connectivity index (χ0n) is 15.1. The van der Waals surface area contributed by atoms with Crippen LogP contribution in [0.1, 0.15) is 47.2 Å². The monoisotopic (exact) mass is 361 g/mol. The van der Waals surface area contributed by atoms with Crippen LogP contribution in [0.25, 0.3) is 0 Å². The second-order valence-corrected chi connectivity index (χ2v) is 6.86. The van der Waals surface area contributed by atoms with Crippen molar-refractivity contribution in [3.8, 4) is 11.8 Å². The van der Waals surface area contributed by atoms with Gasteiger partial charge in [0.2, 0.25) is 0 Å². The first-order valence-electron chi connectivity index (χ1n) is 8.93. The van der Waals surface area contributed by atoms with Crippen molar-refractivity contribution in [2.75, 3.05) is 0 Å². The van der Waals surface area contributed by atoms with Crippen LogP contribution in [0.15, 0.2) is 48.5 Å². The molecule has 1 unspecified atom stereocenters. The van der Waals surface area contributed by atoms with Crippen molar-refractivity contribution in [1.29, 1.82) is 5.26 Å². The fourth-order valence-corrected chi connectivity index (χ4v) is 3.46. The summed E-state index contributed by atoms with van der Waals surface area (Å²) in [6, 6.07) is 16.7. The number of rotatable bonds is 6. The smallest absolute Gasteiger partial charge is 0.526 e. The highest BCUT2D eigenvalue weighted by atomic mass is 16.5. The number of benzene rings is 2. The van der Waals surface area contributed by atoms with Gasteiger partial charge in [0.1, 0.15) is 11.5 Å². The normalized spacial score (nSPS) is 16.6. The van der Waals surface area contributed by atoms with Crippen LogP contribution in [0.3, 0.4) is 0 Å². The maximum atomic E-state index is 12.5. The van der Waals surface area contributed by atoms with Crippen molar-refractivity contribution in [2.45, 2.75) is 37.9 Å². The van der Waals surface area contributed by atoms with E-state index in [9.17, 15) is 19.9 Å². The molecule has 0 saturated carbocycles. The Labute approximate surface area is 158 Å². The van der Waals surface area contributed by atoms with E-state index >= 15 is 0 Å². The van der Waals surface area contributed by atoms with Gasteiger partial charge >= 0.3 is 7.12 Å². The van der Waals surface area contributed by atoms with Gasteiger partial charge in [-0.3, -0.25) is 9.59 Å². The Morgan fingerprint density at radius 2 is 2.00 bits per heavy atom. The molecule has 2 aromatic rings. The van der Waals surface area contributed by atoms with E-state index in [1.807, 2.05) is 36.4 Å². The molecule has 0 bridgehead atoms. The highest BCUT2D eigenvalue weighted by Crippen LogP contribution is 2.37. The van der Waals surface area contributed by atoms with Gasteiger partial charge in [-0.05, 0) is 30.5 Å². The molecule has 0 radical (unpaired) electrons. The van der Waals surface area contributed by atoms with Crippen molar-refractivity contribution in [3.63, 3.8) is 0 Å². The maximum absolute atomic E-state index is 12.5. The minimum Gasteiger partial charge on any atom is -0.535 e. The molecule has 3 rings (SSSR count). The molecule has 1 N–H and O–H groups in total. The van der Waals surface area contributed by atoms with E-state index in [0.29, 0.717) is 17.7 Å². The molecule has 27 heavy (non-hydrogen) atoms. The first-order chi connectivity index (χ1) is 13.0. The molecule has 0 saturated heterocycles. The van der Waals surface area contributed by atoms with E-state index in [1.54, 1.807) is 12.1 Å². The molecule has 2 atom stereocenters. The van der Waals surface area contributed by atoms with Gasteiger partial charge in [-0.2, -0.15) is 5.26 Å². The number of fused-ring (bicyclic) bond motifs is 1. The van der Waals surface area contributed by atoms with Crippen LogP contribution in [0.5, 0.6) is 5.75 Å². The predicted octanol–water partition coefficient (Wildman–Crippen LogP) is 3.33. The third-order valence-corrected chi connectivity index (χ3v) is 4.88. The van der Waals surface area contributed by atoms with Gasteiger partial charge in [-0.25, -0.2) is 0 Å². The summed E-state index contributed by atoms with van der Waals surface area (Å²) in [5.74, 6) is -0.725. The molecule has 5 nitrogen and oxygen atoms in total. The van der Waals surface area contributed by atoms with Gasteiger partial charge in [0.15, 0.2) is 5.78 Å². The Balaban J connectivity index is 1.69. The number of nitrogens with zero attached hydrogens (tertiary/aromatic N) is 1. The summed E-state index contributed by atoms with van der Waals surface area (Å²) in [5, 5.41) is 19.7. The Morgan fingerprint density at radius 3 is 2.67 bits per heavy atom. The number of nitriles is 1. The average molecular weight is 361 g/mol. The minimum absolute atomic E-state index is 0.0933. The summed E-state index contributed by atoms with van der Waals surface area (Å²) >= 11 is 0. The van der Waals surface area contributed by atoms with E-state index in [4.69, 9.17) is 4.65 Å². The van der Waals surface area contributed by atoms with Crippen molar-refractivity contribution in [1.82, 2.24) is 0 Å². The first-order valence-corrected chi connectivity index (χ1v) is 8.93. The van der Waals surface area contributed by atoms with Gasteiger partial charge in [0.25, 0.3) is 0 Å². The zero-order chi connectivity index (χ0) is 19.4. The first kappa shape index (κ1) is 18.9. The summed E-state index contributed by atoms with van der Waals surface area (Å²) in [7, 11) is -1.15. The fourth-order valence-electron chi connectivity index (χ4n) is 3.46. The topological polar surface area (TPSA) is 87.4 Å². The lowest BCUT2D eigenvalue weighted by Gasteiger charge is -2.28. The van der Waals surface area contributed by atoms with Gasteiger partial charge < -0.3 is 9.68 Å². The SMILES string of the molecule is CC(=O)c1cccc2c1OB(O)[C@@H](CC(=O)CC(C#N)c1ccccc1)C2. The summed E-state index contributed by atoms with van der Waals surface area (Å²) in [6.07, 6.45) is 0.673. The van der Waals surface area contributed by atoms with Crippen molar-refractivity contribution >= 4 is 18.7 Å². The number of carbonyl (C=O) groups is 2. The molecule has 0 aliphatic carbocycles. The molecule has 136 valence electrons. The summed E-state index contributed by atoms with van der Waals surface area (Å²) in [5.41, 5.74) is 2.06. The molecule has 0 amide bonds. The lowest BCUT2D eigenvalue weighted by atomic mass is 9.64. The molecule has 0 spiro atoms. The maximum Gasteiger partial charge on any atom is 0.526 e. The second kappa shape index (κ2) is 8.19.